The third kappa shape index (κ3) is 3.18. The van der Waals surface area contributed by atoms with Crippen LogP contribution >= 0.6 is 0 Å². The van der Waals surface area contributed by atoms with Gasteiger partial charge in [-0.05, 0) is 36.6 Å². The van der Waals surface area contributed by atoms with Gasteiger partial charge in [0.1, 0.15) is 6.04 Å². The molecule has 0 aliphatic carbocycles. The molecule has 0 bridgehead atoms. The predicted molar refractivity (Wildman–Crippen MR) is 111 cm³/mol. The summed E-state index contributed by atoms with van der Waals surface area (Å²) in [5, 5.41) is 6.19. The molecule has 1 aliphatic heterocycles. The first kappa shape index (κ1) is 17.6. The highest BCUT2D eigenvalue weighted by Gasteiger charge is 2.35. The summed E-state index contributed by atoms with van der Waals surface area (Å²) in [6.07, 6.45) is 1.75. The lowest BCUT2D eigenvalue weighted by atomic mass is 10.0. The highest BCUT2D eigenvalue weighted by Crippen LogP contribution is 2.34. The van der Waals surface area contributed by atoms with Gasteiger partial charge in [-0.1, -0.05) is 71.4 Å². The van der Waals surface area contributed by atoms with Crippen LogP contribution in [-0.4, -0.2) is 27.5 Å². The van der Waals surface area contributed by atoms with Gasteiger partial charge < -0.3 is 9.42 Å². The van der Waals surface area contributed by atoms with Crippen LogP contribution in [0, 0.1) is 6.92 Å². The second-order valence-corrected chi connectivity index (χ2v) is 7.51. The Balaban J connectivity index is 1.46. The van der Waals surface area contributed by atoms with Crippen LogP contribution in [0.15, 0.2) is 71.3 Å². The third-order valence-corrected chi connectivity index (χ3v) is 5.57. The van der Waals surface area contributed by atoms with Crippen molar-refractivity contribution in [2.24, 2.45) is 0 Å². The molecule has 1 atom stereocenters. The van der Waals surface area contributed by atoms with Gasteiger partial charge in [-0.15, -0.1) is 0 Å². The fraction of sp³-hybridized carbons (Fsp3) is 0.208. The summed E-state index contributed by atoms with van der Waals surface area (Å²) >= 11 is 0. The lowest BCUT2D eigenvalue weighted by molar-refractivity contribution is 0.0712. The number of hydrogen-bond donors (Lipinski definition) is 0. The van der Waals surface area contributed by atoms with E-state index in [2.05, 4.69) is 10.1 Å². The molecule has 4 aromatic rings. The summed E-state index contributed by atoms with van der Waals surface area (Å²) in [6.45, 7) is 2.73. The number of carbonyl (C=O) groups is 1. The van der Waals surface area contributed by atoms with Crippen LogP contribution in [-0.2, 0) is 0 Å². The zero-order valence-electron chi connectivity index (χ0n) is 16.2. The van der Waals surface area contributed by atoms with E-state index < -0.39 is 0 Å². The van der Waals surface area contributed by atoms with Gasteiger partial charge in [-0.2, -0.15) is 4.98 Å². The number of nitrogens with zero attached hydrogens (tertiary/aromatic N) is 3. The number of carbonyl (C=O) groups excluding carboxylic acids is 1. The van der Waals surface area contributed by atoms with Crippen molar-refractivity contribution in [3.8, 4) is 11.4 Å². The maximum Gasteiger partial charge on any atom is 0.255 e. The first-order valence-corrected chi connectivity index (χ1v) is 9.90. The SMILES string of the molecule is Cc1ccc(-c2noc([C@H]3CCCN3C(=O)c3cccc4ccccc34)n2)cc1. The third-order valence-electron chi connectivity index (χ3n) is 5.57. The first-order valence-electron chi connectivity index (χ1n) is 9.90. The molecule has 2 heterocycles. The van der Waals surface area contributed by atoms with Crippen LogP contribution in [0.3, 0.4) is 0 Å². The highest BCUT2D eigenvalue weighted by atomic mass is 16.5. The lowest BCUT2D eigenvalue weighted by Gasteiger charge is -2.22. The van der Waals surface area contributed by atoms with Crippen molar-refractivity contribution < 1.29 is 9.32 Å². The van der Waals surface area contributed by atoms with Crippen molar-refractivity contribution in [1.29, 1.82) is 0 Å². The predicted octanol–water partition coefficient (Wildman–Crippen LogP) is 5.18. The topological polar surface area (TPSA) is 59.2 Å². The van der Waals surface area contributed by atoms with Crippen molar-refractivity contribution in [3.05, 3.63) is 83.7 Å². The Kier molecular flexibility index (Phi) is 4.35. The summed E-state index contributed by atoms with van der Waals surface area (Å²) < 4.78 is 5.58. The van der Waals surface area contributed by atoms with E-state index in [0.717, 1.165) is 29.2 Å². The van der Waals surface area contributed by atoms with Crippen molar-refractivity contribution in [3.63, 3.8) is 0 Å². The van der Waals surface area contributed by atoms with Crippen LogP contribution in [0.25, 0.3) is 22.2 Å². The van der Waals surface area contributed by atoms with Crippen LogP contribution in [0.4, 0.5) is 0 Å². The fourth-order valence-electron chi connectivity index (χ4n) is 4.02. The van der Waals surface area contributed by atoms with E-state index in [0.29, 0.717) is 23.8 Å². The Morgan fingerprint density at radius 1 is 1.03 bits per heavy atom. The molecule has 1 saturated heterocycles. The van der Waals surface area contributed by atoms with Gasteiger partial charge in [-0.3, -0.25) is 4.79 Å². The van der Waals surface area contributed by atoms with Crippen LogP contribution in [0.5, 0.6) is 0 Å². The number of rotatable bonds is 3. The van der Waals surface area contributed by atoms with Gasteiger partial charge in [-0.25, -0.2) is 0 Å². The zero-order chi connectivity index (χ0) is 19.8. The van der Waals surface area contributed by atoms with E-state index in [4.69, 9.17) is 4.52 Å². The van der Waals surface area contributed by atoms with Crippen molar-refractivity contribution in [1.82, 2.24) is 15.0 Å². The van der Waals surface area contributed by atoms with E-state index in [-0.39, 0.29) is 11.9 Å². The summed E-state index contributed by atoms with van der Waals surface area (Å²) in [5.41, 5.74) is 2.81. The standard InChI is InChI=1S/C24H21N3O2/c1-16-11-13-18(14-12-16)22-25-23(29-26-22)21-10-5-15-27(21)24(28)20-9-4-7-17-6-2-3-8-19(17)20/h2-4,6-9,11-14,21H,5,10,15H2,1H3/t21-/m1/s1. The Hall–Kier alpha value is -3.47. The molecule has 1 aliphatic rings. The number of aryl methyl sites for hydroxylation is 1. The van der Waals surface area contributed by atoms with Gasteiger partial charge in [0, 0.05) is 17.7 Å². The number of hydrogen-bond acceptors (Lipinski definition) is 4. The van der Waals surface area contributed by atoms with Gasteiger partial charge >= 0.3 is 0 Å². The average Bonchev–Trinajstić information content (AvgIpc) is 3.43. The summed E-state index contributed by atoms with van der Waals surface area (Å²) in [4.78, 5) is 19.9. The fourth-order valence-corrected chi connectivity index (χ4v) is 4.02. The number of aromatic nitrogens is 2. The van der Waals surface area contributed by atoms with Crippen molar-refractivity contribution in [2.75, 3.05) is 6.54 Å². The average molecular weight is 383 g/mol. The monoisotopic (exact) mass is 383 g/mol. The number of fused-ring (bicyclic) bond motifs is 1. The Morgan fingerprint density at radius 2 is 1.83 bits per heavy atom. The van der Waals surface area contributed by atoms with Gasteiger partial charge in [0.25, 0.3) is 5.91 Å². The van der Waals surface area contributed by atoms with E-state index in [9.17, 15) is 4.79 Å². The molecular weight excluding hydrogens is 362 g/mol. The van der Waals surface area contributed by atoms with E-state index in [1.54, 1.807) is 0 Å². The maximum absolute atomic E-state index is 13.4. The van der Waals surface area contributed by atoms with E-state index >= 15 is 0 Å². The molecule has 1 aromatic heterocycles. The lowest BCUT2D eigenvalue weighted by Crippen LogP contribution is -2.30. The van der Waals surface area contributed by atoms with E-state index in [1.165, 1.54) is 5.56 Å². The Bertz CT molecular complexity index is 1170. The summed E-state index contributed by atoms with van der Waals surface area (Å²) in [6, 6.07) is 21.7. The van der Waals surface area contributed by atoms with Crippen LogP contribution in [0.1, 0.15) is 40.7 Å². The molecule has 5 nitrogen and oxygen atoms in total. The number of amides is 1. The van der Waals surface area contributed by atoms with Crippen molar-refractivity contribution >= 4 is 16.7 Å². The molecule has 144 valence electrons. The second kappa shape index (κ2) is 7.17. The van der Waals surface area contributed by atoms with Gasteiger partial charge in [0.2, 0.25) is 11.7 Å². The van der Waals surface area contributed by atoms with Gasteiger partial charge in [0.15, 0.2) is 0 Å². The summed E-state index contributed by atoms with van der Waals surface area (Å²) in [7, 11) is 0. The molecule has 5 heteroatoms. The maximum atomic E-state index is 13.4. The minimum Gasteiger partial charge on any atom is -0.337 e. The largest absolute Gasteiger partial charge is 0.337 e. The Labute approximate surface area is 169 Å². The highest BCUT2D eigenvalue weighted by molar-refractivity contribution is 6.07. The molecule has 0 spiro atoms. The number of benzene rings is 3. The molecule has 3 aromatic carbocycles. The van der Waals surface area contributed by atoms with Crippen molar-refractivity contribution in [2.45, 2.75) is 25.8 Å². The van der Waals surface area contributed by atoms with Gasteiger partial charge in [0.05, 0.1) is 0 Å². The quantitative estimate of drug-likeness (QED) is 0.489. The smallest absolute Gasteiger partial charge is 0.255 e. The van der Waals surface area contributed by atoms with E-state index in [1.807, 2.05) is 78.6 Å². The molecule has 0 saturated carbocycles. The summed E-state index contributed by atoms with van der Waals surface area (Å²) in [5.74, 6) is 1.08. The molecule has 1 fully saturated rings. The molecule has 1 amide bonds. The molecule has 29 heavy (non-hydrogen) atoms. The zero-order valence-corrected chi connectivity index (χ0v) is 16.2. The first-order chi connectivity index (χ1) is 14.2. The second-order valence-electron chi connectivity index (χ2n) is 7.51. The normalized spacial score (nSPS) is 16.4. The minimum atomic E-state index is -0.187. The Morgan fingerprint density at radius 3 is 2.69 bits per heavy atom. The molecule has 0 unspecified atom stereocenters. The molecule has 0 radical (unpaired) electrons. The molecule has 5 rings (SSSR count). The van der Waals surface area contributed by atoms with Crippen LogP contribution < -0.4 is 0 Å². The molecular formula is C24H21N3O2. The minimum absolute atomic E-state index is 0.0133. The molecule has 0 N–H and O–H groups in total. The number of likely N-dealkylation sites (tertiary alicyclic amines) is 1. The van der Waals surface area contributed by atoms with Crippen LogP contribution in [0.2, 0.25) is 0 Å².